The third-order valence-corrected chi connectivity index (χ3v) is 4.89. The first-order valence-corrected chi connectivity index (χ1v) is 9.26. The summed E-state index contributed by atoms with van der Waals surface area (Å²) in [6.07, 6.45) is 5.79. The van der Waals surface area contributed by atoms with Gasteiger partial charge in [0.1, 0.15) is 11.7 Å². The molecule has 0 aliphatic rings. The van der Waals surface area contributed by atoms with Crippen LogP contribution in [0.15, 0.2) is 77.9 Å². The average molecular weight is 399 g/mol. The van der Waals surface area contributed by atoms with Gasteiger partial charge in [-0.1, -0.05) is 24.3 Å². The number of nitrogens with one attached hydrogen (secondary N) is 2. The highest BCUT2D eigenvalue weighted by Gasteiger charge is 2.08. The van der Waals surface area contributed by atoms with Crippen LogP contribution in [0.4, 0.5) is 5.69 Å². The van der Waals surface area contributed by atoms with Gasteiger partial charge in [-0.05, 0) is 29.8 Å². The molecule has 0 aliphatic carbocycles. The van der Waals surface area contributed by atoms with E-state index in [0.717, 1.165) is 39.6 Å². The number of carbonyl (C=O) groups excluding carboxylic acids is 1. The molecule has 0 saturated carbocycles. The minimum Gasteiger partial charge on any atom is -0.402 e. The van der Waals surface area contributed by atoms with E-state index in [2.05, 4.69) is 20.5 Å². The molecule has 6 N–H and O–H groups in total. The number of aliphatic imine (C=N–C) groups is 1. The van der Waals surface area contributed by atoms with Crippen molar-refractivity contribution in [3.63, 3.8) is 0 Å². The molecular weight excluding hydrogens is 378 g/mol. The van der Waals surface area contributed by atoms with E-state index in [1.54, 1.807) is 6.20 Å². The molecule has 0 aliphatic heterocycles. The van der Waals surface area contributed by atoms with Gasteiger partial charge in [0.2, 0.25) is 0 Å². The fourth-order valence-electron chi connectivity index (χ4n) is 3.23. The van der Waals surface area contributed by atoms with Gasteiger partial charge in [0.25, 0.3) is 0 Å². The monoisotopic (exact) mass is 399 g/mol. The SMILES string of the molecule is Cn1c(C=O)cc2ccc(C(N)=N/C(=C\N)Nc3ccc(-c4cn[nH]c4)cc3)cc21. The third-order valence-electron chi connectivity index (χ3n) is 4.89. The number of aromatic nitrogens is 3. The van der Waals surface area contributed by atoms with Crippen molar-refractivity contribution in [3.05, 3.63) is 84.2 Å². The lowest BCUT2D eigenvalue weighted by Crippen LogP contribution is -2.15. The molecule has 2 heterocycles. The number of hydrogen-bond donors (Lipinski definition) is 4. The number of aromatic amines is 1. The molecule has 8 nitrogen and oxygen atoms in total. The van der Waals surface area contributed by atoms with Crippen molar-refractivity contribution in [1.29, 1.82) is 0 Å². The molecule has 0 spiro atoms. The Morgan fingerprint density at radius 1 is 1.17 bits per heavy atom. The fourth-order valence-corrected chi connectivity index (χ4v) is 3.23. The molecule has 0 atom stereocenters. The van der Waals surface area contributed by atoms with Crippen LogP contribution in [0.1, 0.15) is 16.1 Å². The Labute approximate surface area is 172 Å². The number of rotatable bonds is 6. The van der Waals surface area contributed by atoms with Crippen molar-refractivity contribution in [1.82, 2.24) is 14.8 Å². The molecule has 0 radical (unpaired) electrons. The summed E-state index contributed by atoms with van der Waals surface area (Å²) in [5.41, 5.74) is 17.1. The molecule has 2 aromatic carbocycles. The predicted molar refractivity (Wildman–Crippen MR) is 119 cm³/mol. The summed E-state index contributed by atoms with van der Waals surface area (Å²) < 4.78 is 1.82. The maximum Gasteiger partial charge on any atom is 0.166 e. The van der Waals surface area contributed by atoms with Gasteiger partial charge in [0.15, 0.2) is 6.29 Å². The number of fused-ring (bicyclic) bond motifs is 1. The number of nitrogens with two attached hydrogens (primary N) is 2. The normalized spacial score (nSPS) is 12.3. The van der Waals surface area contributed by atoms with Crippen LogP contribution in [0.3, 0.4) is 0 Å². The van der Waals surface area contributed by atoms with Gasteiger partial charge < -0.3 is 21.4 Å². The van der Waals surface area contributed by atoms with Crippen LogP contribution in [0.25, 0.3) is 22.0 Å². The van der Waals surface area contributed by atoms with Gasteiger partial charge in [-0.15, -0.1) is 0 Å². The van der Waals surface area contributed by atoms with Crippen molar-refractivity contribution in [2.75, 3.05) is 5.32 Å². The Morgan fingerprint density at radius 3 is 2.63 bits per heavy atom. The molecule has 0 bridgehead atoms. The van der Waals surface area contributed by atoms with Crippen LogP contribution in [0.2, 0.25) is 0 Å². The maximum absolute atomic E-state index is 11.2. The van der Waals surface area contributed by atoms with Gasteiger partial charge in [-0.2, -0.15) is 5.10 Å². The lowest BCUT2D eigenvalue weighted by Gasteiger charge is -2.09. The summed E-state index contributed by atoms with van der Waals surface area (Å²) in [5.74, 6) is 0.731. The molecule has 0 saturated heterocycles. The molecule has 30 heavy (non-hydrogen) atoms. The minimum atomic E-state index is 0.310. The molecular formula is C22H21N7O. The Balaban J connectivity index is 1.55. The van der Waals surface area contributed by atoms with Crippen molar-refractivity contribution in [2.24, 2.45) is 23.5 Å². The molecule has 150 valence electrons. The number of hydrogen-bond acceptors (Lipinski definition) is 5. The molecule has 8 heteroatoms. The zero-order valence-electron chi connectivity index (χ0n) is 16.3. The van der Waals surface area contributed by atoms with Crippen molar-refractivity contribution >= 4 is 28.7 Å². The summed E-state index contributed by atoms with van der Waals surface area (Å²) in [6, 6.07) is 15.3. The van der Waals surface area contributed by atoms with Crippen LogP contribution in [0, 0.1) is 0 Å². The number of aryl methyl sites for hydroxylation is 1. The highest BCUT2D eigenvalue weighted by Crippen LogP contribution is 2.22. The zero-order chi connectivity index (χ0) is 21.1. The second-order valence-electron chi connectivity index (χ2n) is 6.76. The summed E-state index contributed by atoms with van der Waals surface area (Å²) in [5, 5.41) is 10.9. The number of anilines is 1. The van der Waals surface area contributed by atoms with Crippen molar-refractivity contribution in [3.8, 4) is 11.1 Å². The van der Waals surface area contributed by atoms with Crippen LogP contribution < -0.4 is 16.8 Å². The van der Waals surface area contributed by atoms with E-state index in [0.29, 0.717) is 17.4 Å². The number of carbonyl (C=O) groups is 1. The third kappa shape index (κ3) is 3.66. The summed E-state index contributed by atoms with van der Waals surface area (Å²) in [4.78, 5) is 15.6. The molecule has 4 rings (SSSR count). The molecule has 0 amide bonds. The first-order chi connectivity index (χ1) is 14.6. The van der Waals surface area contributed by atoms with Crippen LogP contribution >= 0.6 is 0 Å². The quantitative estimate of drug-likeness (QED) is 0.225. The topological polar surface area (TPSA) is 127 Å². The number of aldehydes is 1. The van der Waals surface area contributed by atoms with E-state index in [1.807, 2.05) is 66.3 Å². The Morgan fingerprint density at radius 2 is 1.97 bits per heavy atom. The van der Waals surface area contributed by atoms with Crippen molar-refractivity contribution in [2.45, 2.75) is 0 Å². The first kappa shape index (κ1) is 19.0. The van der Waals surface area contributed by atoms with E-state index in [1.165, 1.54) is 6.20 Å². The molecule has 4 aromatic rings. The maximum atomic E-state index is 11.2. The van der Waals surface area contributed by atoms with E-state index >= 15 is 0 Å². The fraction of sp³-hybridized carbons (Fsp3) is 0.0455. The number of amidine groups is 1. The van der Waals surface area contributed by atoms with Crippen LogP contribution in [-0.2, 0) is 7.05 Å². The van der Waals surface area contributed by atoms with Crippen LogP contribution in [0.5, 0.6) is 0 Å². The lowest BCUT2D eigenvalue weighted by molar-refractivity contribution is 0.111. The van der Waals surface area contributed by atoms with Gasteiger partial charge in [-0.25, -0.2) is 4.99 Å². The van der Waals surface area contributed by atoms with Gasteiger partial charge >= 0.3 is 0 Å². The smallest absolute Gasteiger partial charge is 0.166 e. The summed E-state index contributed by atoms with van der Waals surface area (Å²) in [6.45, 7) is 0. The molecule has 2 aromatic heterocycles. The van der Waals surface area contributed by atoms with E-state index < -0.39 is 0 Å². The van der Waals surface area contributed by atoms with Gasteiger partial charge in [-0.3, -0.25) is 9.89 Å². The van der Waals surface area contributed by atoms with Gasteiger partial charge in [0.05, 0.1) is 11.9 Å². The summed E-state index contributed by atoms with van der Waals surface area (Å²) >= 11 is 0. The van der Waals surface area contributed by atoms with Crippen molar-refractivity contribution < 1.29 is 4.79 Å². The minimum absolute atomic E-state index is 0.310. The largest absolute Gasteiger partial charge is 0.402 e. The predicted octanol–water partition coefficient (Wildman–Crippen LogP) is 2.96. The second-order valence-corrected chi connectivity index (χ2v) is 6.76. The lowest BCUT2D eigenvalue weighted by atomic mass is 10.1. The van der Waals surface area contributed by atoms with E-state index in [-0.39, 0.29) is 0 Å². The van der Waals surface area contributed by atoms with E-state index in [9.17, 15) is 4.79 Å². The number of nitrogens with zero attached hydrogens (tertiary/aromatic N) is 3. The summed E-state index contributed by atoms with van der Waals surface area (Å²) in [7, 11) is 1.84. The second kappa shape index (κ2) is 7.96. The highest BCUT2D eigenvalue weighted by molar-refractivity contribution is 6.02. The Bertz CT molecular complexity index is 1250. The Kier molecular flexibility index (Phi) is 5.04. The Hall–Kier alpha value is -4.33. The van der Waals surface area contributed by atoms with E-state index in [4.69, 9.17) is 11.5 Å². The van der Waals surface area contributed by atoms with Gasteiger partial charge in [0, 0.05) is 47.2 Å². The first-order valence-electron chi connectivity index (χ1n) is 9.26. The highest BCUT2D eigenvalue weighted by atomic mass is 16.1. The molecule has 0 unspecified atom stereocenters. The average Bonchev–Trinajstić information content (AvgIpc) is 3.42. The number of benzene rings is 2. The number of H-pyrrole nitrogens is 1. The zero-order valence-corrected chi connectivity index (χ0v) is 16.3. The van der Waals surface area contributed by atoms with Crippen LogP contribution in [-0.4, -0.2) is 26.9 Å². The molecule has 0 fully saturated rings. The standard InChI is InChI=1S/C22H21N7O/c1-29-19(13-30)8-15-2-3-16(9-20(15)29)22(24)28-21(10-23)27-18-6-4-14(5-7-18)17-11-25-26-12-17/h2-13,27H,23H2,1H3,(H2,24,28)(H,25,26)/b21-10-.